The number of amides is 1. The summed E-state index contributed by atoms with van der Waals surface area (Å²) in [4.78, 5) is 14.6. The van der Waals surface area contributed by atoms with E-state index in [1.54, 1.807) is 7.05 Å². The van der Waals surface area contributed by atoms with Gasteiger partial charge in [0.1, 0.15) is 6.61 Å². The Hall–Kier alpha value is -1.26. The second kappa shape index (κ2) is 3.64. The predicted molar refractivity (Wildman–Crippen MR) is 49.3 cm³/mol. The molecule has 5 nitrogen and oxygen atoms in total. The molecule has 0 bridgehead atoms. The van der Waals surface area contributed by atoms with Gasteiger partial charge in [0.25, 0.3) is 6.02 Å². The van der Waals surface area contributed by atoms with Crippen LogP contribution < -0.4 is 11.1 Å². The molecule has 1 heterocycles. The van der Waals surface area contributed by atoms with Gasteiger partial charge in [0.05, 0.1) is 5.54 Å². The average Bonchev–Trinajstić information content (AvgIpc) is 2.43. The minimum absolute atomic E-state index is 0.0677. The van der Waals surface area contributed by atoms with Crippen LogP contribution in [0.2, 0.25) is 0 Å². The van der Waals surface area contributed by atoms with Gasteiger partial charge in [-0.05, 0) is 13.3 Å². The number of nitrogens with zero attached hydrogens (tertiary/aromatic N) is 1. The quantitative estimate of drug-likeness (QED) is 0.454. The van der Waals surface area contributed by atoms with Crippen LogP contribution in [0.5, 0.6) is 0 Å². The van der Waals surface area contributed by atoms with E-state index in [1.165, 1.54) is 0 Å². The SMILES string of the molecule is CN=C(N)OCC1(C)CCC(=O)N1. The van der Waals surface area contributed by atoms with Gasteiger partial charge in [-0.25, -0.2) is 4.99 Å². The lowest BCUT2D eigenvalue weighted by Gasteiger charge is -2.23. The Morgan fingerprint density at radius 2 is 2.54 bits per heavy atom. The van der Waals surface area contributed by atoms with Crippen LogP contribution in [0.15, 0.2) is 4.99 Å². The van der Waals surface area contributed by atoms with Crippen molar-refractivity contribution in [2.24, 2.45) is 10.7 Å². The summed E-state index contributed by atoms with van der Waals surface area (Å²) >= 11 is 0. The van der Waals surface area contributed by atoms with Crippen molar-refractivity contribution in [1.29, 1.82) is 0 Å². The van der Waals surface area contributed by atoms with Crippen molar-refractivity contribution in [3.05, 3.63) is 0 Å². The van der Waals surface area contributed by atoms with Crippen LogP contribution >= 0.6 is 0 Å². The maximum atomic E-state index is 10.9. The second-order valence-electron chi connectivity index (χ2n) is 3.46. The molecule has 1 atom stereocenters. The highest BCUT2D eigenvalue weighted by Crippen LogP contribution is 2.19. The van der Waals surface area contributed by atoms with Gasteiger partial charge in [-0.3, -0.25) is 4.79 Å². The van der Waals surface area contributed by atoms with Gasteiger partial charge in [-0.2, -0.15) is 0 Å². The first-order valence-electron chi connectivity index (χ1n) is 4.22. The first-order chi connectivity index (χ1) is 6.06. The molecule has 5 heteroatoms. The van der Waals surface area contributed by atoms with Gasteiger partial charge < -0.3 is 15.8 Å². The largest absolute Gasteiger partial charge is 0.463 e. The lowest BCUT2D eigenvalue weighted by Crippen LogP contribution is -2.44. The number of carbonyl (C=O) groups is 1. The van der Waals surface area contributed by atoms with Gasteiger partial charge in [-0.1, -0.05) is 0 Å². The highest BCUT2D eigenvalue weighted by Gasteiger charge is 2.33. The molecule has 1 saturated heterocycles. The molecule has 0 radical (unpaired) electrons. The van der Waals surface area contributed by atoms with Gasteiger partial charge >= 0.3 is 0 Å². The fourth-order valence-electron chi connectivity index (χ4n) is 1.26. The van der Waals surface area contributed by atoms with Crippen molar-refractivity contribution >= 4 is 11.9 Å². The molecular weight excluding hydrogens is 170 g/mol. The van der Waals surface area contributed by atoms with Gasteiger partial charge in [-0.15, -0.1) is 0 Å². The molecule has 0 aliphatic carbocycles. The topological polar surface area (TPSA) is 76.7 Å². The molecule has 1 aliphatic rings. The number of ether oxygens (including phenoxy) is 1. The number of nitrogens with two attached hydrogens (primary N) is 1. The monoisotopic (exact) mass is 185 g/mol. The summed E-state index contributed by atoms with van der Waals surface area (Å²) in [5, 5.41) is 2.84. The van der Waals surface area contributed by atoms with Crippen LogP contribution in [-0.4, -0.2) is 31.1 Å². The third kappa shape index (κ3) is 2.61. The maximum absolute atomic E-state index is 10.9. The van der Waals surface area contributed by atoms with E-state index in [-0.39, 0.29) is 17.5 Å². The van der Waals surface area contributed by atoms with Crippen molar-refractivity contribution in [2.75, 3.05) is 13.7 Å². The predicted octanol–water partition coefficient (Wildman–Crippen LogP) is -0.384. The third-order valence-electron chi connectivity index (χ3n) is 2.10. The van der Waals surface area contributed by atoms with Crippen LogP contribution in [-0.2, 0) is 9.53 Å². The van der Waals surface area contributed by atoms with E-state index in [2.05, 4.69) is 10.3 Å². The third-order valence-corrected chi connectivity index (χ3v) is 2.10. The number of hydrogen-bond acceptors (Lipinski definition) is 3. The summed E-state index contributed by atoms with van der Waals surface area (Å²) < 4.78 is 5.14. The van der Waals surface area contributed by atoms with Crippen LogP contribution in [0.1, 0.15) is 19.8 Å². The molecule has 0 aromatic carbocycles. The molecule has 1 rings (SSSR count). The Kier molecular flexibility index (Phi) is 2.75. The lowest BCUT2D eigenvalue weighted by atomic mass is 10.0. The Morgan fingerprint density at radius 1 is 1.85 bits per heavy atom. The first kappa shape index (κ1) is 9.83. The normalized spacial score (nSPS) is 28.8. The number of carbonyl (C=O) groups excluding carboxylic acids is 1. The molecule has 1 amide bonds. The molecule has 0 saturated carbocycles. The van der Waals surface area contributed by atoms with Crippen molar-refractivity contribution in [3.63, 3.8) is 0 Å². The molecule has 1 aliphatic heterocycles. The van der Waals surface area contributed by atoms with E-state index in [1.807, 2.05) is 6.92 Å². The van der Waals surface area contributed by atoms with Gasteiger partial charge in [0.2, 0.25) is 5.91 Å². The van der Waals surface area contributed by atoms with Gasteiger partial charge in [0, 0.05) is 13.5 Å². The number of nitrogens with one attached hydrogen (secondary N) is 1. The van der Waals surface area contributed by atoms with E-state index in [4.69, 9.17) is 10.5 Å². The molecule has 74 valence electrons. The first-order valence-corrected chi connectivity index (χ1v) is 4.22. The fraction of sp³-hybridized carbons (Fsp3) is 0.750. The lowest BCUT2D eigenvalue weighted by molar-refractivity contribution is -0.119. The molecule has 1 unspecified atom stereocenters. The smallest absolute Gasteiger partial charge is 0.281 e. The zero-order chi connectivity index (χ0) is 9.90. The van der Waals surface area contributed by atoms with Crippen molar-refractivity contribution in [2.45, 2.75) is 25.3 Å². The number of hydrogen-bond donors (Lipinski definition) is 2. The van der Waals surface area contributed by atoms with E-state index >= 15 is 0 Å². The molecule has 0 aromatic rings. The van der Waals surface area contributed by atoms with Crippen molar-refractivity contribution in [1.82, 2.24) is 5.32 Å². The fourth-order valence-corrected chi connectivity index (χ4v) is 1.26. The highest BCUT2D eigenvalue weighted by atomic mass is 16.5. The van der Waals surface area contributed by atoms with Crippen LogP contribution in [0.25, 0.3) is 0 Å². The Bertz CT molecular complexity index is 240. The summed E-state index contributed by atoms with van der Waals surface area (Å²) in [7, 11) is 1.56. The van der Waals surface area contributed by atoms with Gasteiger partial charge in [0.15, 0.2) is 0 Å². The summed E-state index contributed by atoms with van der Waals surface area (Å²) in [6.07, 6.45) is 1.34. The summed E-state index contributed by atoms with van der Waals surface area (Å²) in [5.74, 6) is 0.0677. The molecule has 13 heavy (non-hydrogen) atoms. The second-order valence-corrected chi connectivity index (χ2v) is 3.46. The number of aliphatic imine (C=N–C) groups is 1. The van der Waals surface area contributed by atoms with E-state index < -0.39 is 0 Å². The zero-order valence-electron chi connectivity index (χ0n) is 7.96. The molecule has 1 fully saturated rings. The Labute approximate surface area is 77.3 Å². The van der Waals surface area contributed by atoms with Crippen LogP contribution in [0.3, 0.4) is 0 Å². The maximum Gasteiger partial charge on any atom is 0.281 e. The van der Waals surface area contributed by atoms with E-state index in [9.17, 15) is 4.79 Å². The standard InChI is InChI=1S/C8H15N3O2/c1-8(4-3-6(12)11-8)5-13-7(9)10-2/h3-5H2,1-2H3,(H2,9,10)(H,11,12). The zero-order valence-corrected chi connectivity index (χ0v) is 7.96. The highest BCUT2D eigenvalue weighted by molar-refractivity contribution is 5.79. The number of rotatable bonds is 2. The van der Waals surface area contributed by atoms with Crippen LogP contribution in [0.4, 0.5) is 0 Å². The van der Waals surface area contributed by atoms with E-state index in [0.29, 0.717) is 13.0 Å². The molecular formula is C8H15N3O2. The summed E-state index contributed by atoms with van der Waals surface area (Å²) in [6, 6.07) is 0.155. The Morgan fingerprint density at radius 3 is 3.00 bits per heavy atom. The minimum atomic E-state index is -0.285. The Balaban J connectivity index is 2.40. The summed E-state index contributed by atoms with van der Waals surface area (Å²) in [6.45, 7) is 2.31. The van der Waals surface area contributed by atoms with E-state index in [0.717, 1.165) is 6.42 Å². The molecule has 0 aromatic heterocycles. The van der Waals surface area contributed by atoms with Crippen LogP contribution in [0, 0.1) is 0 Å². The molecule has 3 N–H and O–H groups in total. The summed E-state index contributed by atoms with van der Waals surface area (Å²) in [5.41, 5.74) is 5.07. The average molecular weight is 185 g/mol. The van der Waals surface area contributed by atoms with Crippen molar-refractivity contribution in [3.8, 4) is 0 Å². The minimum Gasteiger partial charge on any atom is -0.463 e. The van der Waals surface area contributed by atoms with Crippen molar-refractivity contribution < 1.29 is 9.53 Å². The molecule has 0 spiro atoms. The number of amidine groups is 1.